The standard InChI is InChI=1S/C55H98O11/c1-4-7-9-10-11-12-13-14-15-16-17-22-30-36-55(59)62-44(42-61-54(58)35-29-24-19-21-27-33-47-51(65-47)40-50-46(64-50)32-25-8-5-2)41-60-53(57)34-28-23-18-20-26-31-43(56)37-38-48-52(66-48)39-49-45(6-3)63-49/h43-52,56H,4-42H2,1-3H3. The van der Waals surface area contributed by atoms with Gasteiger partial charge in [0.15, 0.2) is 6.10 Å². The Morgan fingerprint density at radius 2 is 0.773 bits per heavy atom. The second kappa shape index (κ2) is 35.3. The average molecular weight is 935 g/mol. The third kappa shape index (κ3) is 28.0. The predicted octanol–water partition coefficient (Wildman–Crippen LogP) is 12.9. The van der Waals surface area contributed by atoms with E-state index in [1.54, 1.807) is 0 Å². The molecule has 0 aromatic rings. The highest BCUT2D eigenvalue weighted by molar-refractivity contribution is 5.71. The van der Waals surface area contributed by atoms with E-state index < -0.39 is 6.10 Å². The highest BCUT2D eigenvalue weighted by Gasteiger charge is 2.48. The van der Waals surface area contributed by atoms with Crippen molar-refractivity contribution in [3.05, 3.63) is 0 Å². The van der Waals surface area contributed by atoms with Crippen LogP contribution in [0.4, 0.5) is 0 Å². The molecule has 0 saturated carbocycles. The van der Waals surface area contributed by atoms with Crippen LogP contribution in [0.3, 0.4) is 0 Å². The smallest absolute Gasteiger partial charge is 0.306 e. The van der Waals surface area contributed by atoms with Crippen LogP contribution in [-0.2, 0) is 47.5 Å². The molecule has 0 aromatic heterocycles. The molecular weight excluding hydrogens is 837 g/mol. The predicted molar refractivity (Wildman–Crippen MR) is 260 cm³/mol. The monoisotopic (exact) mass is 935 g/mol. The molecule has 1 N–H and O–H groups in total. The zero-order chi connectivity index (χ0) is 47.0. The van der Waals surface area contributed by atoms with Crippen LogP contribution in [0.5, 0.6) is 0 Å². The number of hydrogen-bond donors (Lipinski definition) is 1. The normalized spacial score (nSPS) is 24.7. The van der Waals surface area contributed by atoms with E-state index in [9.17, 15) is 19.5 Å². The van der Waals surface area contributed by atoms with Crippen LogP contribution in [0.25, 0.3) is 0 Å². The van der Waals surface area contributed by atoms with Gasteiger partial charge >= 0.3 is 17.9 Å². The van der Waals surface area contributed by atoms with E-state index in [2.05, 4.69) is 20.8 Å². The SMILES string of the molecule is CCCCCCCCCCCCCCCC(=O)OC(COC(=O)CCCCCCCC(O)CCC1OC1CC1OC1CC)COC(=O)CCCCCCCC1OC1CC1OC1CCCCC. The Kier molecular flexibility index (Phi) is 30.4. The van der Waals surface area contributed by atoms with Crippen molar-refractivity contribution >= 4 is 17.9 Å². The molecule has 10 unspecified atom stereocenters. The summed E-state index contributed by atoms with van der Waals surface area (Å²) in [6, 6.07) is 0. The molecule has 11 heteroatoms. The zero-order valence-electron chi connectivity index (χ0n) is 42.4. The first-order valence-corrected chi connectivity index (χ1v) is 28.1. The summed E-state index contributed by atoms with van der Waals surface area (Å²) in [4.78, 5) is 38.2. The van der Waals surface area contributed by atoms with Crippen molar-refractivity contribution in [1.29, 1.82) is 0 Å². The first-order chi connectivity index (χ1) is 32.3. The summed E-state index contributed by atoms with van der Waals surface area (Å²) < 4.78 is 40.0. The molecule has 4 rings (SSSR count). The maximum Gasteiger partial charge on any atom is 0.306 e. The number of unbranched alkanes of at least 4 members (excludes halogenated alkanes) is 22. The van der Waals surface area contributed by atoms with Gasteiger partial charge in [-0.3, -0.25) is 14.4 Å². The summed E-state index contributed by atoms with van der Waals surface area (Å²) in [6.45, 7) is 6.42. The minimum atomic E-state index is -0.816. The fourth-order valence-electron chi connectivity index (χ4n) is 9.71. The highest BCUT2D eigenvalue weighted by Crippen LogP contribution is 2.40. The van der Waals surface area contributed by atoms with E-state index in [-0.39, 0.29) is 43.3 Å². The quantitative estimate of drug-likeness (QED) is 0.0269. The van der Waals surface area contributed by atoms with E-state index in [0.717, 1.165) is 122 Å². The van der Waals surface area contributed by atoms with Crippen molar-refractivity contribution in [3.8, 4) is 0 Å². The third-order valence-electron chi connectivity index (χ3n) is 14.4. The lowest BCUT2D eigenvalue weighted by atomic mass is 10.0. The Morgan fingerprint density at radius 1 is 0.409 bits per heavy atom. The highest BCUT2D eigenvalue weighted by atomic mass is 16.6. The Balaban J connectivity index is 1.00. The van der Waals surface area contributed by atoms with Crippen LogP contribution in [-0.4, -0.2) is 97.3 Å². The molecule has 66 heavy (non-hydrogen) atoms. The molecule has 11 nitrogen and oxygen atoms in total. The molecule has 0 aliphatic carbocycles. The van der Waals surface area contributed by atoms with E-state index in [1.807, 2.05) is 0 Å². The summed E-state index contributed by atoms with van der Waals surface area (Å²) in [5.74, 6) is -0.985. The maximum atomic E-state index is 12.8. The van der Waals surface area contributed by atoms with Gasteiger partial charge in [-0.1, -0.05) is 168 Å². The Labute approximate surface area is 401 Å². The van der Waals surface area contributed by atoms with Crippen molar-refractivity contribution in [2.45, 2.75) is 319 Å². The van der Waals surface area contributed by atoms with E-state index >= 15 is 0 Å². The Hall–Kier alpha value is -1.79. The Bertz CT molecular complexity index is 1260. The summed E-state index contributed by atoms with van der Waals surface area (Å²) in [6.07, 6.45) is 40.2. The minimum Gasteiger partial charge on any atom is -0.462 e. The first kappa shape index (κ1) is 56.8. The molecule has 10 atom stereocenters. The minimum absolute atomic E-state index is 0.112. The van der Waals surface area contributed by atoms with Gasteiger partial charge in [-0.25, -0.2) is 0 Å². The van der Waals surface area contributed by atoms with Crippen molar-refractivity contribution in [2.75, 3.05) is 13.2 Å². The van der Waals surface area contributed by atoms with Gasteiger partial charge < -0.3 is 38.3 Å². The molecular formula is C55H98O11. The second-order valence-corrected chi connectivity index (χ2v) is 20.5. The number of aliphatic hydroxyl groups excluding tert-OH is 1. The molecule has 4 aliphatic heterocycles. The van der Waals surface area contributed by atoms with E-state index in [4.69, 9.17) is 33.2 Å². The van der Waals surface area contributed by atoms with Crippen LogP contribution < -0.4 is 0 Å². The van der Waals surface area contributed by atoms with Crippen molar-refractivity contribution in [3.63, 3.8) is 0 Å². The number of epoxide rings is 4. The molecule has 384 valence electrons. The van der Waals surface area contributed by atoms with Crippen molar-refractivity contribution < 1.29 is 52.6 Å². The molecule has 4 heterocycles. The van der Waals surface area contributed by atoms with E-state index in [1.165, 1.54) is 89.9 Å². The first-order valence-electron chi connectivity index (χ1n) is 28.1. The lowest BCUT2D eigenvalue weighted by molar-refractivity contribution is -0.167. The van der Waals surface area contributed by atoms with Crippen LogP contribution in [0.15, 0.2) is 0 Å². The van der Waals surface area contributed by atoms with Gasteiger partial charge in [0.1, 0.15) is 13.2 Å². The molecule has 4 fully saturated rings. The number of aliphatic hydroxyl groups is 1. The van der Waals surface area contributed by atoms with Gasteiger partial charge in [-0.05, 0) is 57.8 Å². The zero-order valence-corrected chi connectivity index (χ0v) is 42.4. The molecule has 0 amide bonds. The number of ether oxygens (including phenoxy) is 7. The van der Waals surface area contributed by atoms with Gasteiger partial charge in [0.25, 0.3) is 0 Å². The fraction of sp³-hybridized carbons (Fsp3) is 0.945. The molecule has 0 aromatic carbocycles. The summed E-state index contributed by atoms with van der Waals surface area (Å²) in [5, 5.41) is 10.4. The molecule has 0 bridgehead atoms. The average Bonchev–Trinajstić information content (AvgIpc) is 4.14. The number of rotatable bonds is 47. The molecule has 0 radical (unpaired) electrons. The lowest BCUT2D eigenvalue weighted by Gasteiger charge is -2.18. The van der Waals surface area contributed by atoms with Crippen molar-refractivity contribution in [1.82, 2.24) is 0 Å². The molecule has 4 saturated heterocycles. The topological polar surface area (TPSA) is 149 Å². The summed E-state index contributed by atoms with van der Waals surface area (Å²) >= 11 is 0. The van der Waals surface area contributed by atoms with Crippen LogP contribution in [0.1, 0.15) is 258 Å². The fourth-order valence-corrected chi connectivity index (χ4v) is 9.71. The van der Waals surface area contributed by atoms with E-state index in [0.29, 0.717) is 68.4 Å². The number of esters is 3. The molecule has 4 aliphatic rings. The third-order valence-corrected chi connectivity index (χ3v) is 14.4. The van der Waals surface area contributed by atoms with Crippen molar-refractivity contribution in [2.24, 2.45) is 0 Å². The second-order valence-electron chi connectivity index (χ2n) is 20.5. The van der Waals surface area contributed by atoms with Gasteiger partial charge in [0.2, 0.25) is 0 Å². The number of hydrogen-bond acceptors (Lipinski definition) is 11. The summed E-state index contributed by atoms with van der Waals surface area (Å²) in [5.41, 5.74) is 0. The number of carbonyl (C=O) groups is 3. The Morgan fingerprint density at radius 3 is 1.24 bits per heavy atom. The van der Waals surface area contributed by atoms with Gasteiger partial charge in [0, 0.05) is 32.1 Å². The van der Waals surface area contributed by atoms with Crippen LogP contribution in [0.2, 0.25) is 0 Å². The van der Waals surface area contributed by atoms with Gasteiger partial charge in [-0.2, -0.15) is 0 Å². The van der Waals surface area contributed by atoms with Crippen LogP contribution >= 0.6 is 0 Å². The summed E-state index contributed by atoms with van der Waals surface area (Å²) in [7, 11) is 0. The van der Waals surface area contributed by atoms with Gasteiger partial charge in [-0.15, -0.1) is 0 Å². The molecule has 0 spiro atoms. The number of carbonyl (C=O) groups excluding carboxylic acids is 3. The van der Waals surface area contributed by atoms with Gasteiger partial charge in [0.05, 0.1) is 54.9 Å². The lowest BCUT2D eigenvalue weighted by Crippen LogP contribution is -2.30. The largest absolute Gasteiger partial charge is 0.462 e. The van der Waals surface area contributed by atoms with Crippen LogP contribution in [0, 0.1) is 0 Å². The maximum absolute atomic E-state index is 12.8.